The maximum Gasteiger partial charge on any atom is 0.297 e. The highest BCUT2D eigenvalue weighted by atomic mass is 32.2. The molecule has 79 heavy (non-hydrogen) atoms. The lowest BCUT2D eigenvalue weighted by atomic mass is 10.1. The number of azo groups is 3. The van der Waals surface area contributed by atoms with Crippen LogP contribution in [-0.2, 0) is 50.6 Å². The van der Waals surface area contributed by atoms with Gasteiger partial charge < -0.3 is 24.6 Å². The average Bonchev–Trinajstić information content (AvgIpc) is 3.44. The van der Waals surface area contributed by atoms with Gasteiger partial charge in [0.2, 0.25) is 0 Å². The molecule has 0 saturated heterocycles. The molecule has 0 unspecified atom stereocenters. The van der Waals surface area contributed by atoms with Gasteiger partial charge in [0, 0.05) is 39.7 Å². The summed E-state index contributed by atoms with van der Waals surface area (Å²) in [7, 11) is -22.6. The van der Waals surface area contributed by atoms with E-state index in [0.29, 0.717) is 33.8 Å². The Hall–Kier alpha value is -7.59. The molecule has 0 saturated carbocycles. The molecule has 0 aromatic heterocycles. The van der Waals surface area contributed by atoms with Crippen LogP contribution in [0.4, 0.5) is 45.5 Å². The predicted octanol–water partition coefficient (Wildman–Crippen LogP) is 10.7. The first-order chi connectivity index (χ1) is 36.9. The normalized spacial score (nSPS) is 12.8. The molecule has 0 radical (unpaired) electrons. The number of ether oxygens (including phenoxy) is 3. The Kier molecular flexibility index (Phi) is 17.5. The van der Waals surface area contributed by atoms with Gasteiger partial charge in [-0.2, -0.15) is 57.4 Å². The summed E-state index contributed by atoms with van der Waals surface area (Å²) in [5.41, 5.74) is 1.86. The lowest BCUT2D eigenvalue weighted by molar-refractivity contribution is 0.317. The van der Waals surface area contributed by atoms with Crippen LogP contribution >= 0.6 is 0 Å². The average molecular weight is 1190 g/mol. The third-order valence-corrected chi connectivity index (χ3v) is 15.7. The summed E-state index contributed by atoms with van der Waals surface area (Å²) in [6, 6.07) is 22.6. The van der Waals surface area contributed by atoms with Crippen molar-refractivity contribution in [1.29, 1.82) is 0 Å². The van der Waals surface area contributed by atoms with E-state index in [-0.39, 0.29) is 69.9 Å². The van der Waals surface area contributed by atoms with E-state index in [4.69, 9.17) is 18.8 Å². The molecule has 0 aliphatic heterocycles. The van der Waals surface area contributed by atoms with Crippen molar-refractivity contribution in [3.8, 4) is 23.0 Å². The fourth-order valence-corrected chi connectivity index (χ4v) is 10.6. The summed E-state index contributed by atoms with van der Waals surface area (Å²) in [5.74, 6) is -1.79. The standard InChI is InChI=1S/C48H47N7O19S5/c1-27-20-40(53-55-46-45(78(66,67)68)23-30-22-32(9-12-35(30)47(46)56)49-31-7-10-33(72-4)11-8-31)28(2)19-39(27)51-54-42-21-29(3)41(26-44(42)74-16-6-18-76(60,61)62)52-50-38-14-13-36-37(48(38)79(69,70)71)24-34(77(63,64)65)25-43(36)73-15-5-17-75(57,58)59/h7-14,19-26,49,56H,5-6,15-18H2,1-4H3,(H,57,58,59)(H,60,61,62)(H,63,64,65)(H,66,67,68)(H,69,70,71). The lowest BCUT2D eigenvalue weighted by Gasteiger charge is -2.14. The monoisotopic (exact) mass is 1190 g/mol. The Bertz CT molecular complexity index is 4240. The van der Waals surface area contributed by atoms with E-state index in [2.05, 4.69) is 36.0 Å². The summed E-state index contributed by atoms with van der Waals surface area (Å²) in [6.45, 7) is 4.07. The number of benzene rings is 7. The van der Waals surface area contributed by atoms with E-state index in [1.54, 1.807) is 56.3 Å². The lowest BCUT2D eigenvalue weighted by Crippen LogP contribution is -2.09. The second kappa shape index (κ2) is 23.4. The second-order valence-electron chi connectivity index (χ2n) is 17.3. The maximum absolute atomic E-state index is 13.0. The largest absolute Gasteiger partial charge is 0.505 e. The van der Waals surface area contributed by atoms with E-state index in [9.17, 15) is 65.4 Å². The van der Waals surface area contributed by atoms with Gasteiger partial charge in [-0.3, -0.25) is 22.8 Å². The van der Waals surface area contributed by atoms with Crippen molar-refractivity contribution in [1.82, 2.24) is 0 Å². The number of nitrogens with one attached hydrogen (secondary N) is 1. The first-order valence-corrected chi connectivity index (χ1v) is 30.3. The number of anilines is 2. The van der Waals surface area contributed by atoms with E-state index in [1.165, 1.54) is 44.4 Å². The summed E-state index contributed by atoms with van der Waals surface area (Å²) < 4.78 is 187. The molecular formula is C48H47N7O19S5. The number of rotatable bonds is 22. The Morgan fingerprint density at radius 3 is 1.53 bits per heavy atom. The van der Waals surface area contributed by atoms with Gasteiger partial charge in [-0.25, -0.2) is 0 Å². The molecule has 26 nitrogen and oxygen atoms in total. The number of aromatic hydroxyl groups is 1. The molecule has 7 aromatic rings. The molecule has 7 N–H and O–H groups in total. The fourth-order valence-electron chi connectivity index (χ4n) is 7.65. The van der Waals surface area contributed by atoms with Crippen molar-refractivity contribution < 1.29 is 84.2 Å². The predicted molar refractivity (Wildman–Crippen MR) is 288 cm³/mol. The molecule has 7 aromatic carbocycles. The van der Waals surface area contributed by atoms with Gasteiger partial charge in [-0.1, -0.05) is 0 Å². The van der Waals surface area contributed by atoms with Crippen LogP contribution in [0, 0.1) is 20.8 Å². The quantitative estimate of drug-likeness (QED) is 0.0188. The molecule has 0 spiro atoms. The van der Waals surface area contributed by atoms with Crippen molar-refractivity contribution >= 4 is 118 Å². The summed E-state index contributed by atoms with van der Waals surface area (Å²) in [6.07, 6.45) is -0.491. The van der Waals surface area contributed by atoms with Crippen molar-refractivity contribution in [2.24, 2.45) is 30.7 Å². The minimum atomic E-state index is -5.30. The first kappa shape index (κ1) is 59.1. The van der Waals surface area contributed by atoms with Gasteiger partial charge in [-0.15, -0.1) is 15.3 Å². The van der Waals surface area contributed by atoms with Crippen LogP contribution < -0.4 is 19.5 Å². The van der Waals surface area contributed by atoms with Crippen molar-refractivity contribution in [3.63, 3.8) is 0 Å². The van der Waals surface area contributed by atoms with Crippen LogP contribution in [0.1, 0.15) is 29.5 Å². The van der Waals surface area contributed by atoms with Crippen LogP contribution in [0.3, 0.4) is 0 Å². The van der Waals surface area contributed by atoms with Gasteiger partial charge in [0.05, 0.1) is 53.8 Å². The Labute approximate surface area is 452 Å². The molecule has 31 heteroatoms. The number of aryl methyl sites for hydroxylation is 3. The fraction of sp³-hybridized carbons (Fsp3) is 0.208. The van der Waals surface area contributed by atoms with Crippen LogP contribution in [0.15, 0.2) is 142 Å². The molecule has 7 rings (SSSR count). The SMILES string of the molecule is COc1ccc(Nc2ccc3c(O)c(N=Nc4cc(C)c(N=Nc5cc(C)c(N=Nc6ccc7c(OCCCS(=O)(=O)O)cc(S(=O)(=O)O)cc7c6S(=O)(=O)O)cc5OCCCS(=O)(=O)O)cc4C)c(S(=O)(=O)O)cc3c2)cc1. The van der Waals surface area contributed by atoms with Crippen LogP contribution in [0.2, 0.25) is 0 Å². The molecule has 418 valence electrons. The van der Waals surface area contributed by atoms with E-state index >= 15 is 0 Å². The van der Waals surface area contributed by atoms with Gasteiger partial charge in [0.1, 0.15) is 44.1 Å². The van der Waals surface area contributed by atoms with Gasteiger partial charge >= 0.3 is 0 Å². The number of phenols is 1. The molecule has 0 heterocycles. The maximum atomic E-state index is 13.0. The number of methoxy groups -OCH3 is 1. The van der Waals surface area contributed by atoms with Gasteiger partial charge in [0.15, 0.2) is 5.75 Å². The number of hydrogen-bond donors (Lipinski definition) is 7. The molecular weight excluding hydrogens is 1140 g/mol. The van der Waals surface area contributed by atoms with E-state index in [0.717, 1.165) is 24.3 Å². The highest BCUT2D eigenvalue weighted by molar-refractivity contribution is 7.87. The van der Waals surface area contributed by atoms with Crippen LogP contribution in [-0.4, -0.2) is 102 Å². The van der Waals surface area contributed by atoms with Gasteiger partial charge in [0.25, 0.3) is 50.6 Å². The zero-order valence-electron chi connectivity index (χ0n) is 41.7. The molecule has 0 fully saturated rings. The van der Waals surface area contributed by atoms with Crippen LogP contribution in [0.5, 0.6) is 23.0 Å². The second-order valence-corrected chi connectivity index (χ2v) is 24.6. The Morgan fingerprint density at radius 2 is 0.987 bits per heavy atom. The topological polar surface area (TPSA) is 406 Å². The Balaban J connectivity index is 1.21. The highest BCUT2D eigenvalue weighted by Crippen LogP contribution is 2.44. The minimum Gasteiger partial charge on any atom is -0.505 e. The number of phenolic OH excluding ortho intramolecular Hbond substituents is 1. The van der Waals surface area contributed by atoms with Crippen molar-refractivity contribution in [3.05, 3.63) is 114 Å². The molecule has 0 aliphatic carbocycles. The third kappa shape index (κ3) is 15.2. The molecule has 0 atom stereocenters. The molecule has 0 aliphatic rings. The summed E-state index contributed by atoms with van der Waals surface area (Å²) in [4.78, 5) is -2.57. The molecule has 0 bridgehead atoms. The molecule has 0 amide bonds. The van der Waals surface area contributed by atoms with E-state index in [1.807, 2.05) is 0 Å². The van der Waals surface area contributed by atoms with E-state index < -0.39 is 106 Å². The smallest absolute Gasteiger partial charge is 0.297 e. The minimum absolute atomic E-state index is 0.0116. The number of nitrogens with zero attached hydrogens (tertiary/aromatic N) is 6. The summed E-state index contributed by atoms with van der Waals surface area (Å²) >= 11 is 0. The number of fused-ring (bicyclic) bond motifs is 2. The van der Waals surface area contributed by atoms with Crippen molar-refractivity contribution in [2.45, 2.75) is 48.3 Å². The first-order valence-electron chi connectivity index (χ1n) is 22.8. The number of hydrogen-bond acceptors (Lipinski definition) is 21. The third-order valence-electron chi connectivity index (χ3n) is 11.5. The summed E-state index contributed by atoms with van der Waals surface area (Å²) in [5, 5.41) is 39.5. The van der Waals surface area contributed by atoms with Crippen LogP contribution in [0.25, 0.3) is 21.5 Å². The zero-order valence-corrected chi connectivity index (χ0v) is 45.8. The van der Waals surface area contributed by atoms with Crippen molar-refractivity contribution in [2.75, 3.05) is 37.1 Å². The zero-order chi connectivity index (χ0) is 57.8. The highest BCUT2D eigenvalue weighted by Gasteiger charge is 2.26. The van der Waals surface area contributed by atoms with Gasteiger partial charge in [-0.05, 0) is 141 Å². The Morgan fingerprint density at radius 1 is 0.481 bits per heavy atom.